The van der Waals surface area contributed by atoms with Crippen molar-refractivity contribution in [1.29, 1.82) is 0 Å². The summed E-state index contributed by atoms with van der Waals surface area (Å²) in [6.07, 6.45) is 7.75. The zero-order valence-electron chi connectivity index (χ0n) is 23.2. The van der Waals surface area contributed by atoms with Crippen LogP contribution >= 0.6 is 82.6 Å². The van der Waals surface area contributed by atoms with Gasteiger partial charge in [0.1, 0.15) is 5.82 Å². The quantitative estimate of drug-likeness (QED) is 0.166. The van der Waals surface area contributed by atoms with Crippen molar-refractivity contribution in [3.05, 3.63) is 137 Å². The Morgan fingerprint density at radius 2 is 1.33 bits per heavy atom. The molecule has 224 valence electrons. The number of halogens is 7. The Hall–Kier alpha value is -2.27. The van der Waals surface area contributed by atoms with Gasteiger partial charge in [0.15, 0.2) is 0 Å². The summed E-state index contributed by atoms with van der Waals surface area (Å²) in [4.78, 5) is 4.04. The lowest BCUT2D eigenvalue weighted by Crippen LogP contribution is -1.99. The molecule has 43 heavy (non-hydrogen) atoms. The Kier molecular flexibility index (Phi) is 14.1. The zero-order valence-corrected chi connectivity index (χ0v) is 30.3. The van der Waals surface area contributed by atoms with Crippen LogP contribution in [0.4, 0.5) is 4.39 Å². The van der Waals surface area contributed by atoms with Gasteiger partial charge in [0.05, 0.1) is 28.1 Å². The maximum Gasteiger partial charge on any atom is 0.138 e. The van der Waals surface area contributed by atoms with Crippen LogP contribution in [0.3, 0.4) is 0 Å². The lowest BCUT2D eigenvalue weighted by Gasteiger charge is -2.06. The molecule has 12 heteroatoms. The first-order valence-electron chi connectivity index (χ1n) is 12.7. The monoisotopic (exact) mass is 829 g/mol. The fraction of sp³-hybridized carbons (Fsp3) is 0.129. The average molecular weight is 834 g/mol. The summed E-state index contributed by atoms with van der Waals surface area (Å²) in [7, 11) is 0. The van der Waals surface area contributed by atoms with E-state index in [-0.39, 0.29) is 5.82 Å². The molecule has 0 saturated heterocycles. The number of hydrogen-bond acceptors (Lipinski definition) is 3. The molecule has 0 N–H and O–H groups in total. The third kappa shape index (κ3) is 11.3. The SMILES string of the molecule is CC1=NCC=C1.Cc1ccn(-c2cc(Cl)ccc2Br)n1.Cc1ccnn1-c1cc(Cl)ccc1Br.Fc1cc(Cl)ccc1Br. The first kappa shape index (κ1) is 35.2. The van der Waals surface area contributed by atoms with Crippen molar-refractivity contribution in [2.75, 3.05) is 6.54 Å². The molecule has 1 aliphatic heterocycles. The summed E-state index contributed by atoms with van der Waals surface area (Å²) in [5, 5.41) is 10.4. The summed E-state index contributed by atoms with van der Waals surface area (Å²) >= 11 is 27.2. The van der Waals surface area contributed by atoms with Crippen molar-refractivity contribution >= 4 is 88.3 Å². The third-order valence-corrected chi connectivity index (χ3v) is 8.22. The molecule has 0 bridgehead atoms. The second-order valence-electron chi connectivity index (χ2n) is 8.92. The van der Waals surface area contributed by atoms with Crippen LogP contribution in [-0.2, 0) is 0 Å². The Morgan fingerprint density at radius 3 is 1.77 bits per heavy atom. The molecule has 3 heterocycles. The van der Waals surface area contributed by atoms with E-state index in [1.54, 1.807) is 23.0 Å². The Labute approximate surface area is 290 Å². The summed E-state index contributed by atoms with van der Waals surface area (Å²) in [5.74, 6) is -0.331. The van der Waals surface area contributed by atoms with Crippen LogP contribution in [-0.4, -0.2) is 31.8 Å². The van der Waals surface area contributed by atoms with Gasteiger partial charge in [-0.15, -0.1) is 0 Å². The number of rotatable bonds is 2. The molecule has 0 fully saturated rings. The number of hydrogen-bond donors (Lipinski definition) is 0. The van der Waals surface area contributed by atoms with E-state index in [0.29, 0.717) is 19.5 Å². The minimum atomic E-state index is -0.331. The number of aromatic nitrogens is 4. The van der Waals surface area contributed by atoms with Gasteiger partial charge in [0.2, 0.25) is 0 Å². The van der Waals surface area contributed by atoms with E-state index in [4.69, 9.17) is 34.8 Å². The molecule has 6 rings (SSSR count). The van der Waals surface area contributed by atoms with Crippen LogP contribution in [0, 0.1) is 19.7 Å². The summed E-state index contributed by atoms with van der Waals surface area (Å²) in [6.45, 7) is 6.85. The van der Waals surface area contributed by atoms with Crippen molar-refractivity contribution in [2.45, 2.75) is 20.8 Å². The Morgan fingerprint density at radius 1 is 0.744 bits per heavy atom. The molecule has 0 unspecified atom stereocenters. The van der Waals surface area contributed by atoms with Gasteiger partial charge in [-0.3, -0.25) is 4.99 Å². The van der Waals surface area contributed by atoms with Crippen molar-refractivity contribution in [1.82, 2.24) is 19.6 Å². The maximum atomic E-state index is 12.4. The number of nitrogens with zero attached hydrogens (tertiary/aromatic N) is 5. The number of aryl methyl sites for hydroxylation is 2. The van der Waals surface area contributed by atoms with Crippen molar-refractivity contribution in [2.24, 2.45) is 4.99 Å². The Bertz CT molecular complexity index is 1730. The average Bonchev–Trinajstić information content (AvgIpc) is 3.73. The van der Waals surface area contributed by atoms with Crippen LogP contribution < -0.4 is 0 Å². The summed E-state index contributed by atoms with van der Waals surface area (Å²) in [5.41, 5.74) is 5.12. The molecule has 0 amide bonds. The highest BCUT2D eigenvalue weighted by atomic mass is 79.9. The third-order valence-electron chi connectivity index (χ3n) is 5.53. The molecule has 2 aromatic heterocycles. The van der Waals surface area contributed by atoms with E-state index in [9.17, 15) is 4.39 Å². The van der Waals surface area contributed by atoms with Crippen molar-refractivity contribution < 1.29 is 4.39 Å². The zero-order chi connectivity index (χ0) is 31.5. The van der Waals surface area contributed by atoms with E-state index in [0.717, 1.165) is 44.0 Å². The maximum absolute atomic E-state index is 12.4. The first-order valence-corrected chi connectivity index (χ1v) is 16.2. The van der Waals surface area contributed by atoms with Crippen LogP contribution in [0.1, 0.15) is 18.3 Å². The van der Waals surface area contributed by atoms with Crippen LogP contribution in [0.25, 0.3) is 11.4 Å². The molecule has 0 spiro atoms. The van der Waals surface area contributed by atoms with Gasteiger partial charge >= 0.3 is 0 Å². The van der Waals surface area contributed by atoms with Gasteiger partial charge in [0, 0.05) is 47.8 Å². The van der Waals surface area contributed by atoms with Gasteiger partial charge in [0.25, 0.3) is 0 Å². The molecular weight excluding hydrogens is 807 g/mol. The van der Waals surface area contributed by atoms with E-state index >= 15 is 0 Å². The van der Waals surface area contributed by atoms with Crippen LogP contribution in [0.2, 0.25) is 15.1 Å². The van der Waals surface area contributed by atoms with Crippen LogP contribution in [0.5, 0.6) is 0 Å². The highest BCUT2D eigenvalue weighted by Crippen LogP contribution is 2.26. The standard InChI is InChI=1S/2C10H8BrClN2.C6H3BrClF.C5H7N/c1-7-4-5-14(13-7)10-6-8(12)2-3-9(10)11;1-7-4-5-13-14(7)10-6-8(12)2-3-9(10)11;7-5-2-1-4(8)3-6(5)9;1-5-3-2-4-6-5/h2*2-6H,1H3;1-3H;2-3H,4H2,1H3. The van der Waals surface area contributed by atoms with Gasteiger partial charge in [-0.2, -0.15) is 10.2 Å². The normalized spacial score (nSPS) is 11.4. The van der Waals surface area contributed by atoms with Crippen LogP contribution in [0.15, 0.2) is 110 Å². The molecular formula is C31H26Br3Cl3FN5. The predicted octanol–water partition coefficient (Wildman–Crippen LogP) is 11.5. The van der Waals surface area contributed by atoms with Crippen molar-refractivity contribution in [3.8, 4) is 11.4 Å². The number of benzene rings is 3. The largest absolute Gasteiger partial charge is 0.286 e. The van der Waals surface area contributed by atoms with Gasteiger partial charge in [-0.1, -0.05) is 40.9 Å². The fourth-order valence-corrected chi connectivity index (χ4v) is 5.00. The second-order valence-corrected chi connectivity index (χ2v) is 12.8. The minimum absolute atomic E-state index is 0.331. The number of aliphatic imine (C=N–C) groups is 1. The fourth-order valence-electron chi connectivity index (χ4n) is 3.42. The Balaban J connectivity index is 0.000000164. The molecule has 5 aromatic rings. The molecule has 0 saturated carbocycles. The van der Waals surface area contributed by atoms with E-state index < -0.39 is 0 Å². The number of allylic oxidation sites excluding steroid dienone is 1. The predicted molar refractivity (Wildman–Crippen MR) is 188 cm³/mol. The highest BCUT2D eigenvalue weighted by molar-refractivity contribution is 9.11. The molecule has 5 nitrogen and oxygen atoms in total. The first-order chi connectivity index (χ1) is 20.4. The second kappa shape index (κ2) is 17.3. The van der Waals surface area contributed by atoms with Crippen molar-refractivity contribution in [3.63, 3.8) is 0 Å². The topological polar surface area (TPSA) is 48.0 Å². The van der Waals surface area contributed by atoms with Gasteiger partial charge in [-0.25, -0.2) is 13.8 Å². The summed E-state index contributed by atoms with van der Waals surface area (Å²) < 4.78 is 18.5. The molecule has 0 radical (unpaired) electrons. The lowest BCUT2D eigenvalue weighted by atomic mass is 10.3. The van der Waals surface area contributed by atoms with E-state index in [2.05, 4.69) is 69.1 Å². The lowest BCUT2D eigenvalue weighted by molar-refractivity contribution is 0.621. The van der Waals surface area contributed by atoms with Gasteiger partial charge in [-0.05, 0) is 141 Å². The summed E-state index contributed by atoms with van der Waals surface area (Å²) in [6, 6.07) is 19.6. The minimum Gasteiger partial charge on any atom is -0.286 e. The smallest absolute Gasteiger partial charge is 0.138 e. The molecule has 0 atom stereocenters. The molecule has 0 aliphatic carbocycles. The van der Waals surface area contributed by atoms with E-state index in [1.165, 1.54) is 6.07 Å². The highest BCUT2D eigenvalue weighted by Gasteiger charge is 2.06. The van der Waals surface area contributed by atoms with Gasteiger partial charge < -0.3 is 0 Å². The molecule has 3 aromatic carbocycles. The van der Waals surface area contributed by atoms with E-state index in [1.807, 2.05) is 86.3 Å². The molecule has 1 aliphatic rings.